The Labute approximate surface area is 102 Å². The van der Waals surface area contributed by atoms with Gasteiger partial charge in [-0.15, -0.1) is 0 Å². The number of anilines is 1. The molecule has 1 aromatic carbocycles. The number of carbonyl (C=O) groups excluding carboxylic acids is 1. The van der Waals surface area contributed by atoms with Crippen molar-refractivity contribution in [2.45, 2.75) is 20.8 Å². The van der Waals surface area contributed by atoms with E-state index in [1.807, 2.05) is 45.0 Å². The van der Waals surface area contributed by atoms with Gasteiger partial charge in [0.2, 0.25) is 5.91 Å². The van der Waals surface area contributed by atoms with Gasteiger partial charge in [-0.2, -0.15) is 0 Å². The molecule has 0 atom stereocenters. The number of para-hydroxylation sites is 2. The van der Waals surface area contributed by atoms with Crippen LogP contribution >= 0.6 is 0 Å². The molecule has 1 rings (SSSR count). The molecule has 4 heteroatoms. The van der Waals surface area contributed by atoms with Gasteiger partial charge in [-0.1, -0.05) is 12.1 Å². The van der Waals surface area contributed by atoms with Gasteiger partial charge in [0.05, 0.1) is 17.7 Å². The van der Waals surface area contributed by atoms with Gasteiger partial charge in [0.1, 0.15) is 5.75 Å². The van der Waals surface area contributed by atoms with Crippen LogP contribution in [0.15, 0.2) is 24.3 Å². The molecule has 0 aliphatic rings. The highest BCUT2D eigenvalue weighted by molar-refractivity contribution is 5.96. The highest BCUT2D eigenvalue weighted by Gasteiger charge is 2.26. The van der Waals surface area contributed by atoms with Crippen LogP contribution in [0.1, 0.15) is 20.8 Å². The van der Waals surface area contributed by atoms with E-state index >= 15 is 0 Å². The third-order valence-corrected chi connectivity index (χ3v) is 2.56. The second-order valence-electron chi connectivity index (χ2n) is 4.47. The monoisotopic (exact) mass is 236 g/mol. The Morgan fingerprint density at radius 2 is 2.06 bits per heavy atom. The maximum Gasteiger partial charge on any atom is 0.231 e. The molecule has 0 aliphatic carbocycles. The zero-order chi connectivity index (χ0) is 12.9. The Kier molecular flexibility index (Phi) is 4.52. The lowest BCUT2D eigenvalue weighted by Gasteiger charge is -2.22. The minimum atomic E-state index is -0.584. The lowest BCUT2D eigenvalue weighted by Crippen LogP contribution is -2.37. The number of carbonyl (C=O) groups is 1. The van der Waals surface area contributed by atoms with E-state index in [-0.39, 0.29) is 5.91 Å². The summed E-state index contributed by atoms with van der Waals surface area (Å²) in [6.45, 7) is 6.39. The number of ether oxygens (including phenoxy) is 1. The summed E-state index contributed by atoms with van der Waals surface area (Å²) in [6.07, 6.45) is 0. The Balaban J connectivity index is 2.84. The van der Waals surface area contributed by atoms with Crippen molar-refractivity contribution in [1.82, 2.24) is 0 Å². The summed E-state index contributed by atoms with van der Waals surface area (Å²) in [5, 5.41) is 2.84. The normalized spacial score (nSPS) is 11.1. The average Bonchev–Trinajstić information content (AvgIpc) is 2.32. The van der Waals surface area contributed by atoms with Gasteiger partial charge < -0.3 is 15.8 Å². The minimum absolute atomic E-state index is 0.104. The van der Waals surface area contributed by atoms with Crippen molar-refractivity contribution in [2.75, 3.05) is 18.5 Å². The fourth-order valence-electron chi connectivity index (χ4n) is 1.24. The fourth-order valence-corrected chi connectivity index (χ4v) is 1.24. The molecule has 3 N–H and O–H groups in total. The van der Waals surface area contributed by atoms with Gasteiger partial charge in [0.15, 0.2) is 0 Å². The summed E-state index contributed by atoms with van der Waals surface area (Å²) in [5.41, 5.74) is 5.66. The largest absolute Gasteiger partial charge is 0.492 e. The molecule has 0 bridgehead atoms. The van der Waals surface area contributed by atoms with Crippen molar-refractivity contribution in [3.8, 4) is 5.75 Å². The number of amides is 1. The predicted molar refractivity (Wildman–Crippen MR) is 69.1 cm³/mol. The smallest absolute Gasteiger partial charge is 0.231 e. The van der Waals surface area contributed by atoms with Crippen LogP contribution in [-0.4, -0.2) is 19.1 Å². The van der Waals surface area contributed by atoms with Crippen molar-refractivity contribution in [1.29, 1.82) is 0 Å². The number of hydrogen-bond donors (Lipinski definition) is 2. The van der Waals surface area contributed by atoms with Gasteiger partial charge in [-0.05, 0) is 32.9 Å². The molecule has 0 aromatic heterocycles. The first-order valence-corrected chi connectivity index (χ1v) is 5.74. The summed E-state index contributed by atoms with van der Waals surface area (Å²) in [4.78, 5) is 12.0. The molecule has 1 amide bonds. The van der Waals surface area contributed by atoms with Crippen LogP contribution in [0, 0.1) is 5.41 Å². The van der Waals surface area contributed by atoms with E-state index in [0.29, 0.717) is 24.6 Å². The predicted octanol–water partition coefficient (Wildman–Crippen LogP) is 2.01. The van der Waals surface area contributed by atoms with E-state index in [2.05, 4.69) is 5.32 Å². The van der Waals surface area contributed by atoms with Crippen LogP contribution in [0.5, 0.6) is 5.75 Å². The first-order chi connectivity index (χ1) is 8.01. The standard InChI is InChI=1S/C13H20N2O2/c1-4-17-11-8-6-5-7-10(11)15-12(16)13(2,3)9-14/h5-8H,4,9,14H2,1-3H3,(H,15,16). The number of hydrogen-bond acceptors (Lipinski definition) is 3. The number of nitrogens with one attached hydrogen (secondary N) is 1. The van der Waals surface area contributed by atoms with Crippen molar-refractivity contribution in [2.24, 2.45) is 11.1 Å². The van der Waals surface area contributed by atoms with Crippen LogP contribution in [0.3, 0.4) is 0 Å². The second-order valence-corrected chi connectivity index (χ2v) is 4.47. The topological polar surface area (TPSA) is 64.3 Å². The van der Waals surface area contributed by atoms with E-state index in [9.17, 15) is 4.79 Å². The zero-order valence-electron chi connectivity index (χ0n) is 10.6. The Morgan fingerprint density at radius 1 is 1.41 bits per heavy atom. The van der Waals surface area contributed by atoms with E-state index in [1.54, 1.807) is 0 Å². The van der Waals surface area contributed by atoms with Crippen LogP contribution in [0.25, 0.3) is 0 Å². The highest BCUT2D eigenvalue weighted by Crippen LogP contribution is 2.26. The highest BCUT2D eigenvalue weighted by atomic mass is 16.5. The fraction of sp³-hybridized carbons (Fsp3) is 0.462. The maximum atomic E-state index is 12.0. The van der Waals surface area contributed by atoms with Crippen LogP contribution < -0.4 is 15.8 Å². The van der Waals surface area contributed by atoms with Crippen molar-refractivity contribution < 1.29 is 9.53 Å². The van der Waals surface area contributed by atoms with Crippen LogP contribution in [0.2, 0.25) is 0 Å². The van der Waals surface area contributed by atoms with Crippen LogP contribution in [-0.2, 0) is 4.79 Å². The van der Waals surface area contributed by atoms with E-state index in [4.69, 9.17) is 10.5 Å². The SMILES string of the molecule is CCOc1ccccc1NC(=O)C(C)(C)CN. The van der Waals surface area contributed by atoms with Gasteiger partial charge in [-0.25, -0.2) is 0 Å². The van der Waals surface area contributed by atoms with E-state index < -0.39 is 5.41 Å². The second kappa shape index (κ2) is 5.68. The summed E-state index contributed by atoms with van der Waals surface area (Å²) in [7, 11) is 0. The number of benzene rings is 1. The minimum Gasteiger partial charge on any atom is -0.492 e. The molecule has 0 saturated carbocycles. The zero-order valence-corrected chi connectivity index (χ0v) is 10.6. The van der Waals surface area contributed by atoms with E-state index in [1.165, 1.54) is 0 Å². The van der Waals surface area contributed by atoms with Gasteiger partial charge in [0, 0.05) is 6.54 Å². The first-order valence-electron chi connectivity index (χ1n) is 5.74. The molecule has 0 saturated heterocycles. The van der Waals surface area contributed by atoms with Crippen molar-refractivity contribution in [3.63, 3.8) is 0 Å². The Hall–Kier alpha value is -1.55. The van der Waals surface area contributed by atoms with Crippen LogP contribution in [0.4, 0.5) is 5.69 Å². The molecule has 4 nitrogen and oxygen atoms in total. The quantitative estimate of drug-likeness (QED) is 0.822. The molecule has 0 radical (unpaired) electrons. The molecule has 17 heavy (non-hydrogen) atoms. The van der Waals surface area contributed by atoms with Crippen molar-refractivity contribution in [3.05, 3.63) is 24.3 Å². The molecule has 94 valence electrons. The maximum absolute atomic E-state index is 12.0. The third-order valence-electron chi connectivity index (χ3n) is 2.56. The third kappa shape index (κ3) is 3.46. The Bertz CT molecular complexity index is 389. The lowest BCUT2D eigenvalue weighted by molar-refractivity contribution is -0.123. The molecule has 0 aliphatic heterocycles. The number of rotatable bonds is 5. The average molecular weight is 236 g/mol. The molecule has 1 aromatic rings. The summed E-state index contributed by atoms with van der Waals surface area (Å²) in [6, 6.07) is 7.37. The lowest BCUT2D eigenvalue weighted by atomic mass is 9.92. The molecule has 0 fully saturated rings. The summed E-state index contributed by atoms with van der Waals surface area (Å²) < 4.78 is 5.44. The van der Waals surface area contributed by atoms with Gasteiger partial charge in [0.25, 0.3) is 0 Å². The van der Waals surface area contributed by atoms with Crippen molar-refractivity contribution >= 4 is 11.6 Å². The molecular formula is C13H20N2O2. The Morgan fingerprint density at radius 3 is 2.65 bits per heavy atom. The van der Waals surface area contributed by atoms with Gasteiger partial charge in [-0.3, -0.25) is 4.79 Å². The van der Waals surface area contributed by atoms with E-state index in [0.717, 1.165) is 0 Å². The molecule has 0 unspecified atom stereocenters. The summed E-state index contributed by atoms with van der Waals surface area (Å²) >= 11 is 0. The molecule has 0 spiro atoms. The number of nitrogens with two attached hydrogens (primary N) is 1. The van der Waals surface area contributed by atoms with Gasteiger partial charge >= 0.3 is 0 Å². The summed E-state index contributed by atoms with van der Waals surface area (Å²) in [5.74, 6) is 0.573. The molecular weight excluding hydrogens is 216 g/mol. The molecule has 0 heterocycles. The first kappa shape index (κ1) is 13.5.